The molecule has 0 aromatic carbocycles. The van der Waals surface area contributed by atoms with Crippen LogP contribution in [0.25, 0.3) is 0 Å². The molecule has 0 aliphatic carbocycles. The third-order valence-corrected chi connectivity index (χ3v) is 2.68. The van der Waals surface area contributed by atoms with Crippen molar-refractivity contribution in [3.63, 3.8) is 0 Å². The van der Waals surface area contributed by atoms with Gasteiger partial charge in [-0.3, -0.25) is 9.55 Å². The predicted molar refractivity (Wildman–Crippen MR) is 68.1 cm³/mol. The minimum absolute atomic E-state index is 0.0849. The summed E-state index contributed by atoms with van der Waals surface area (Å²) in [5.41, 5.74) is 1.85. The molecule has 18 heavy (non-hydrogen) atoms. The van der Waals surface area contributed by atoms with Gasteiger partial charge >= 0.3 is 6.03 Å². The fraction of sp³-hybridized carbons (Fsp3) is 0.308. The van der Waals surface area contributed by atoms with Crippen molar-refractivity contribution in [2.45, 2.75) is 20.4 Å². The summed E-state index contributed by atoms with van der Waals surface area (Å²) >= 11 is 0. The van der Waals surface area contributed by atoms with Gasteiger partial charge in [0.15, 0.2) is 0 Å². The second-order valence-electron chi connectivity index (χ2n) is 4.04. The van der Waals surface area contributed by atoms with Crippen LogP contribution in [0.5, 0.6) is 0 Å². The van der Waals surface area contributed by atoms with Crippen LogP contribution in [0.15, 0.2) is 36.9 Å². The van der Waals surface area contributed by atoms with Crippen molar-refractivity contribution in [3.05, 3.63) is 48.3 Å². The van der Waals surface area contributed by atoms with Crippen LogP contribution < -0.4 is 0 Å². The molecule has 0 aliphatic rings. The lowest BCUT2D eigenvalue weighted by Gasteiger charge is -2.20. The molecule has 0 atom stereocenters. The number of pyridine rings is 1. The van der Waals surface area contributed by atoms with E-state index in [4.69, 9.17) is 0 Å². The molecule has 2 rings (SSSR count). The van der Waals surface area contributed by atoms with Gasteiger partial charge in [0.05, 0.1) is 12.2 Å². The highest BCUT2D eigenvalue weighted by Gasteiger charge is 2.14. The van der Waals surface area contributed by atoms with Crippen molar-refractivity contribution in [2.75, 3.05) is 6.54 Å². The first-order chi connectivity index (χ1) is 8.70. The number of imidazole rings is 1. The summed E-state index contributed by atoms with van der Waals surface area (Å²) in [5.74, 6) is 0. The molecule has 1 amide bonds. The quantitative estimate of drug-likeness (QED) is 0.830. The summed E-state index contributed by atoms with van der Waals surface area (Å²) in [6.07, 6.45) is 4.75. The third-order valence-electron chi connectivity index (χ3n) is 2.68. The minimum atomic E-state index is -0.0849. The van der Waals surface area contributed by atoms with E-state index in [0.717, 1.165) is 11.4 Å². The third kappa shape index (κ3) is 2.74. The average molecular weight is 244 g/mol. The van der Waals surface area contributed by atoms with Gasteiger partial charge in [0, 0.05) is 24.6 Å². The van der Waals surface area contributed by atoms with Crippen molar-refractivity contribution in [1.29, 1.82) is 0 Å². The Morgan fingerprint density at radius 3 is 2.89 bits per heavy atom. The van der Waals surface area contributed by atoms with Crippen molar-refractivity contribution >= 4 is 6.03 Å². The van der Waals surface area contributed by atoms with Crippen LogP contribution in [0.3, 0.4) is 0 Å². The maximum Gasteiger partial charge on any atom is 0.329 e. The van der Waals surface area contributed by atoms with Gasteiger partial charge < -0.3 is 4.90 Å². The van der Waals surface area contributed by atoms with Crippen molar-refractivity contribution in [3.8, 4) is 0 Å². The average Bonchev–Trinajstić information content (AvgIpc) is 2.89. The Balaban J connectivity index is 2.12. The van der Waals surface area contributed by atoms with E-state index in [0.29, 0.717) is 13.1 Å². The van der Waals surface area contributed by atoms with E-state index in [1.54, 1.807) is 17.3 Å². The molecule has 0 N–H and O–H groups in total. The zero-order valence-electron chi connectivity index (χ0n) is 10.6. The normalized spacial score (nSPS) is 10.3. The van der Waals surface area contributed by atoms with Gasteiger partial charge in [-0.25, -0.2) is 9.78 Å². The number of rotatable bonds is 3. The van der Waals surface area contributed by atoms with E-state index in [9.17, 15) is 4.79 Å². The molecule has 2 aromatic rings. The molecule has 0 unspecified atom stereocenters. The smallest absolute Gasteiger partial charge is 0.318 e. The second-order valence-corrected chi connectivity index (χ2v) is 4.04. The molecule has 0 bridgehead atoms. The van der Waals surface area contributed by atoms with Gasteiger partial charge in [-0.2, -0.15) is 0 Å². The summed E-state index contributed by atoms with van der Waals surface area (Å²) in [4.78, 5) is 22.2. The first kappa shape index (κ1) is 12.3. The molecule has 0 fully saturated rings. The Hall–Kier alpha value is -2.17. The van der Waals surface area contributed by atoms with Crippen molar-refractivity contribution < 1.29 is 4.79 Å². The van der Waals surface area contributed by atoms with Crippen LogP contribution in [0, 0.1) is 6.92 Å². The largest absolute Gasteiger partial charge is 0.329 e. The fourth-order valence-corrected chi connectivity index (χ4v) is 1.73. The number of hydrogen-bond acceptors (Lipinski definition) is 3. The SMILES string of the molecule is CCN(Cc1cccc(C)n1)C(=O)n1ccnc1. The fourth-order valence-electron chi connectivity index (χ4n) is 1.73. The predicted octanol–water partition coefficient (Wildman–Crippen LogP) is 2.08. The topological polar surface area (TPSA) is 51.0 Å². The lowest BCUT2D eigenvalue weighted by molar-refractivity contribution is 0.199. The van der Waals surface area contributed by atoms with E-state index in [1.165, 1.54) is 10.9 Å². The van der Waals surface area contributed by atoms with E-state index in [1.807, 2.05) is 32.0 Å². The maximum atomic E-state index is 12.1. The van der Waals surface area contributed by atoms with Gasteiger partial charge in [0.25, 0.3) is 0 Å². The van der Waals surface area contributed by atoms with Gasteiger partial charge in [-0.05, 0) is 26.0 Å². The number of hydrogen-bond donors (Lipinski definition) is 0. The number of aromatic nitrogens is 3. The summed E-state index contributed by atoms with van der Waals surface area (Å²) in [6.45, 7) is 5.03. The molecule has 0 saturated heterocycles. The number of nitrogens with zero attached hydrogens (tertiary/aromatic N) is 4. The summed E-state index contributed by atoms with van der Waals surface area (Å²) < 4.78 is 1.47. The van der Waals surface area contributed by atoms with Crippen LogP contribution in [-0.4, -0.2) is 32.0 Å². The van der Waals surface area contributed by atoms with Gasteiger partial charge in [0.2, 0.25) is 0 Å². The van der Waals surface area contributed by atoms with Crippen LogP contribution in [0.1, 0.15) is 18.3 Å². The minimum Gasteiger partial charge on any atom is -0.318 e. The molecule has 94 valence electrons. The first-order valence-corrected chi connectivity index (χ1v) is 5.90. The van der Waals surface area contributed by atoms with Crippen LogP contribution in [0.4, 0.5) is 4.79 Å². The second kappa shape index (κ2) is 5.44. The lowest BCUT2D eigenvalue weighted by Crippen LogP contribution is -2.33. The van der Waals surface area contributed by atoms with E-state index >= 15 is 0 Å². The zero-order chi connectivity index (χ0) is 13.0. The Bertz CT molecular complexity index is 522. The highest BCUT2D eigenvalue weighted by Crippen LogP contribution is 2.05. The molecule has 0 spiro atoms. The molecular formula is C13H16N4O. The van der Waals surface area contributed by atoms with Crippen LogP contribution >= 0.6 is 0 Å². The van der Waals surface area contributed by atoms with E-state index in [2.05, 4.69) is 9.97 Å². The summed E-state index contributed by atoms with van der Waals surface area (Å²) in [7, 11) is 0. The number of carbonyl (C=O) groups excluding carboxylic acids is 1. The van der Waals surface area contributed by atoms with Gasteiger partial charge in [0.1, 0.15) is 6.33 Å². The Morgan fingerprint density at radius 2 is 2.28 bits per heavy atom. The van der Waals surface area contributed by atoms with Crippen molar-refractivity contribution in [1.82, 2.24) is 19.4 Å². The molecule has 2 aromatic heterocycles. The number of amides is 1. The van der Waals surface area contributed by atoms with Gasteiger partial charge in [-0.1, -0.05) is 6.07 Å². The van der Waals surface area contributed by atoms with E-state index in [-0.39, 0.29) is 6.03 Å². The highest BCUT2D eigenvalue weighted by molar-refractivity contribution is 5.76. The Kier molecular flexibility index (Phi) is 3.72. The van der Waals surface area contributed by atoms with Crippen molar-refractivity contribution in [2.24, 2.45) is 0 Å². The zero-order valence-corrected chi connectivity index (χ0v) is 10.6. The van der Waals surface area contributed by atoms with Crippen LogP contribution in [0.2, 0.25) is 0 Å². The molecule has 0 saturated carbocycles. The molecule has 0 radical (unpaired) electrons. The molecule has 2 heterocycles. The first-order valence-electron chi connectivity index (χ1n) is 5.90. The van der Waals surface area contributed by atoms with Gasteiger partial charge in [-0.15, -0.1) is 0 Å². The summed E-state index contributed by atoms with van der Waals surface area (Å²) in [5, 5.41) is 0. The maximum absolute atomic E-state index is 12.1. The van der Waals surface area contributed by atoms with E-state index < -0.39 is 0 Å². The standard InChI is InChI=1S/C13H16N4O/c1-3-16(13(18)17-8-7-14-10-17)9-12-6-4-5-11(2)15-12/h4-8,10H,3,9H2,1-2H3. The number of carbonyl (C=O) groups is 1. The number of aryl methyl sites for hydroxylation is 1. The lowest BCUT2D eigenvalue weighted by atomic mass is 10.3. The Labute approximate surface area is 106 Å². The Morgan fingerprint density at radius 1 is 1.44 bits per heavy atom. The highest BCUT2D eigenvalue weighted by atomic mass is 16.2. The molecule has 5 nitrogen and oxygen atoms in total. The monoisotopic (exact) mass is 244 g/mol. The summed E-state index contributed by atoms with van der Waals surface area (Å²) in [6, 6.07) is 5.74. The molecular weight excluding hydrogens is 228 g/mol. The van der Waals surface area contributed by atoms with Crippen LogP contribution in [-0.2, 0) is 6.54 Å². The molecule has 0 aliphatic heterocycles. The molecule has 5 heteroatoms.